The van der Waals surface area contributed by atoms with Crippen molar-refractivity contribution in [1.82, 2.24) is 0 Å². The number of carbonyl (C=O) groups excluding carboxylic acids is 1. The summed E-state index contributed by atoms with van der Waals surface area (Å²) in [7, 11) is 0. The van der Waals surface area contributed by atoms with Gasteiger partial charge >= 0.3 is 11.9 Å². The Morgan fingerprint density at radius 1 is 1.25 bits per heavy atom. The summed E-state index contributed by atoms with van der Waals surface area (Å²) in [5, 5.41) is 30.1. The van der Waals surface area contributed by atoms with E-state index in [-0.39, 0.29) is 35.0 Å². The maximum Gasteiger partial charge on any atom is 0.339 e. The van der Waals surface area contributed by atoms with Crippen LogP contribution < -0.4 is 0 Å². The zero-order valence-corrected chi connectivity index (χ0v) is 17.2. The Kier molecular flexibility index (Phi) is 6.75. The molecule has 1 aromatic carbocycles. The van der Waals surface area contributed by atoms with E-state index in [0.717, 1.165) is 12.8 Å². The lowest BCUT2D eigenvalue weighted by molar-refractivity contribution is -0.149. The molecule has 0 aliphatic heterocycles. The van der Waals surface area contributed by atoms with Gasteiger partial charge in [-0.05, 0) is 56.6 Å². The van der Waals surface area contributed by atoms with Crippen LogP contribution in [0.15, 0.2) is 17.7 Å². The minimum Gasteiger partial charge on any atom is -0.504 e. The summed E-state index contributed by atoms with van der Waals surface area (Å²) in [6.07, 6.45) is 3.91. The fraction of sp³-hybridized carbons (Fsp3) is 0.545. The van der Waals surface area contributed by atoms with Crippen molar-refractivity contribution in [2.75, 3.05) is 0 Å². The summed E-state index contributed by atoms with van der Waals surface area (Å²) in [6.45, 7) is 9.35. The van der Waals surface area contributed by atoms with Gasteiger partial charge in [-0.2, -0.15) is 0 Å². The fourth-order valence-electron chi connectivity index (χ4n) is 4.29. The highest BCUT2D eigenvalue weighted by Gasteiger charge is 2.41. The number of phenols is 2. The topological polar surface area (TPSA) is 104 Å². The summed E-state index contributed by atoms with van der Waals surface area (Å²) in [5.74, 6) is -3.06. The predicted octanol–water partition coefficient (Wildman–Crippen LogP) is 4.70. The zero-order valence-electron chi connectivity index (χ0n) is 17.2. The van der Waals surface area contributed by atoms with Gasteiger partial charge in [0.25, 0.3) is 0 Å². The van der Waals surface area contributed by atoms with Crippen LogP contribution in [0.5, 0.6) is 11.5 Å². The lowest BCUT2D eigenvalue weighted by Gasteiger charge is -2.40. The molecule has 0 amide bonds. The number of hydrogen-bond donors (Lipinski definition) is 3. The molecule has 1 aromatic rings. The van der Waals surface area contributed by atoms with Gasteiger partial charge in [0.2, 0.25) is 0 Å². The van der Waals surface area contributed by atoms with E-state index >= 15 is 0 Å². The molecule has 0 heterocycles. The Labute approximate surface area is 165 Å². The Morgan fingerprint density at radius 3 is 2.43 bits per heavy atom. The first-order valence-electron chi connectivity index (χ1n) is 9.67. The lowest BCUT2D eigenvalue weighted by atomic mass is 9.69. The summed E-state index contributed by atoms with van der Waals surface area (Å²) < 4.78 is 5.60. The Morgan fingerprint density at radius 2 is 1.89 bits per heavy atom. The van der Waals surface area contributed by atoms with Crippen LogP contribution in [0.3, 0.4) is 0 Å². The van der Waals surface area contributed by atoms with Gasteiger partial charge in [0.1, 0.15) is 11.7 Å². The fourth-order valence-corrected chi connectivity index (χ4v) is 4.29. The number of aromatic hydroxyl groups is 2. The van der Waals surface area contributed by atoms with Crippen molar-refractivity contribution >= 4 is 11.9 Å². The van der Waals surface area contributed by atoms with Gasteiger partial charge in [0.15, 0.2) is 11.5 Å². The second kappa shape index (κ2) is 8.67. The standard InChI is InChI=1S/C22H30O6/c1-11(2)7-6-8-12(3)18-15-10-16(22(26)27)20(24)21(25)19(15)13(4)9-17(18)28-14(5)23/h7,10,12-13,17-18,24-25H,6,8-9H2,1-5H3,(H,26,27)/t12-,13+,17+,18+/m0/s1. The van der Waals surface area contributed by atoms with E-state index in [1.54, 1.807) is 0 Å². The molecule has 0 radical (unpaired) electrons. The normalized spacial score (nSPS) is 22.1. The molecule has 0 aromatic heterocycles. The predicted molar refractivity (Wildman–Crippen MR) is 106 cm³/mol. The highest BCUT2D eigenvalue weighted by molar-refractivity contribution is 5.92. The molecule has 0 unspecified atom stereocenters. The molecule has 6 nitrogen and oxygen atoms in total. The van der Waals surface area contributed by atoms with Crippen LogP contribution in [0.25, 0.3) is 0 Å². The molecule has 0 saturated heterocycles. The average molecular weight is 390 g/mol. The average Bonchev–Trinajstić information content (AvgIpc) is 2.56. The minimum absolute atomic E-state index is 0.0804. The van der Waals surface area contributed by atoms with Crippen LogP contribution in [-0.4, -0.2) is 33.4 Å². The zero-order chi connectivity index (χ0) is 21.2. The number of hydrogen-bond acceptors (Lipinski definition) is 5. The smallest absolute Gasteiger partial charge is 0.339 e. The molecule has 0 spiro atoms. The van der Waals surface area contributed by atoms with Crippen LogP contribution in [0.4, 0.5) is 0 Å². The molecule has 0 saturated carbocycles. The summed E-state index contributed by atoms with van der Waals surface area (Å²) >= 11 is 0. The molecular formula is C22H30O6. The molecule has 1 aliphatic rings. The minimum atomic E-state index is -1.31. The van der Waals surface area contributed by atoms with E-state index in [1.165, 1.54) is 18.6 Å². The molecule has 0 fully saturated rings. The first-order valence-corrected chi connectivity index (χ1v) is 9.67. The number of rotatable bonds is 6. The van der Waals surface area contributed by atoms with E-state index in [0.29, 0.717) is 17.5 Å². The highest BCUT2D eigenvalue weighted by Crippen LogP contribution is 2.51. The number of fused-ring (bicyclic) bond motifs is 1. The number of phenolic OH excluding ortho intramolecular Hbond substituents is 1. The maximum atomic E-state index is 11.7. The second-order valence-electron chi connectivity index (χ2n) is 8.08. The van der Waals surface area contributed by atoms with Gasteiger partial charge in [0, 0.05) is 18.4 Å². The highest BCUT2D eigenvalue weighted by atomic mass is 16.5. The quantitative estimate of drug-likeness (QED) is 0.369. The SMILES string of the molecule is CC(=O)O[C@@H]1C[C@@H](C)c2c(cc(C(=O)O)c(O)c2O)[C@H]1[C@@H](C)CCC=C(C)C. The van der Waals surface area contributed by atoms with Crippen molar-refractivity contribution in [3.05, 3.63) is 34.4 Å². The van der Waals surface area contributed by atoms with Crippen molar-refractivity contribution in [3.63, 3.8) is 0 Å². The maximum absolute atomic E-state index is 11.7. The van der Waals surface area contributed by atoms with Crippen LogP contribution in [0.1, 0.15) is 87.2 Å². The van der Waals surface area contributed by atoms with Gasteiger partial charge in [-0.1, -0.05) is 25.5 Å². The van der Waals surface area contributed by atoms with Gasteiger partial charge in [-0.25, -0.2) is 4.79 Å². The number of carboxylic acid groups (broad SMARTS) is 1. The third kappa shape index (κ3) is 4.49. The van der Waals surface area contributed by atoms with Crippen molar-refractivity contribution in [1.29, 1.82) is 0 Å². The van der Waals surface area contributed by atoms with Gasteiger partial charge in [0.05, 0.1) is 0 Å². The number of allylic oxidation sites excluding steroid dienone is 2. The first-order chi connectivity index (χ1) is 13.0. The molecule has 4 atom stereocenters. The van der Waals surface area contributed by atoms with E-state index in [2.05, 4.69) is 6.08 Å². The van der Waals surface area contributed by atoms with Crippen LogP contribution in [-0.2, 0) is 9.53 Å². The number of ether oxygens (including phenoxy) is 1. The largest absolute Gasteiger partial charge is 0.504 e. The van der Waals surface area contributed by atoms with Gasteiger partial charge in [-0.3, -0.25) is 4.79 Å². The van der Waals surface area contributed by atoms with Crippen molar-refractivity contribution < 1.29 is 29.6 Å². The third-order valence-corrected chi connectivity index (χ3v) is 5.52. The Bertz CT molecular complexity index is 791. The van der Waals surface area contributed by atoms with Crippen molar-refractivity contribution in [3.8, 4) is 11.5 Å². The number of aromatic carboxylic acids is 1. The molecule has 3 N–H and O–H groups in total. The monoisotopic (exact) mass is 390 g/mol. The summed E-state index contributed by atoms with van der Waals surface area (Å²) in [6, 6.07) is 1.43. The molecule has 0 bridgehead atoms. The summed E-state index contributed by atoms with van der Waals surface area (Å²) in [5.41, 5.74) is 2.07. The van der Waals surface area contributed by atoms with E-state index in [9.17, 15) is 24.9 Å². The van der Waals surface area contributed by atoms with Crippen LogP contribution >= 0.6 is 0 Å². The number of carboxylic acids is 1. The van der Waals surface area contributed by atoms with Crippen molar-refractivity contribution in [2.24, 2.45) is 5.92 Å². The summed E-state index contributed by atoms with van der Waals surface area (Å²) in [4.78, 5) is 23.2. The second-order valence-corrected chi connectivity index (χ2v) is 8.08. The lowest BCUT2D eigenvalue weighted by Crippen LogP contribution is -2.35. The van der Waals surface area contributed by atoms with Crippen molar-refractivity contribution in [2.45, 2.75) is 71.8 Å². The molecule has 6 heteroatoms. The third-order valence-electron chi connectivity index (χ3n) is 5.52. The number of benzene rings is 1. The van der Waals surface area contributed by atoms with Gasteiger partial charge in [-0.15, -0.1) is 0 Å². The molecule has 28 heavy (non-hydrogen) atoms. The molecule has 154 valence electrons. The first kappa shape index (κ1) is 21.8. The number of carbonyl (C=O) groups is 2. The van der Waals surface area contributed by atoms with E-state index in [4.69, 9.17) is 4.74 Å². The molecule has 2 rings (SSSR count). The van der Waals surface area contributed by atoms with Crippen LogP contribution in [0.2, 0.25) is 0 Å². The Balaban J connectivity index is 2.57. The van der Waals surface area contributed by atoms with E-state index in [1.807, 2.05) is 27.7 Å². The Hall–Kier alpha value is -2.50. The number of esters is 1. The molecular weight excluding hydrogens is 360 g/mol. The van der Waals surface area contributed by atoms with E-state index < -0.39 is 17.8 Å². The van der Waals surface area contributed by atoms with Crippen LogP contribution in [0, 0.1) is 5.92 Å². The molecule has 1 aliphatic carbocycles. The van der Waals surface area contributed by atoms with Gasteiger partial charge < -0.3 is 20.1 Å².